The van der Waals surface area contributed by atoms with Crippen molar-refractivity contribution in [2.75, 3.05) is 11.9 Å². The van der Waals surface area contributed by atoms with Crippen molar-refractivity contribution < 1.29 is 19.1 Å². The first-order chi connectivity index (χ1) is 13.9. The molecule has 0 aliphatic carbocycles. The minimum Gasteiger partial charge on any atom is -0.487 e. The zero-order valence-corrected chi connectivity index (χ0v) is 17.5. The maximum atomic E-state index is 12.5. The number of thiophene rings is 1. The predicted molar refractivity (Wildman–Crippen MR) is 118 cm³/mol. The highest BCUT2D eigenvalue weighted by molar-refractivity contribution is 7.23. The van der Waals surface area contributed by atoms with Crippen molar-refractivity contribution in [3.8, 4) is 5.75 Å². The third-order valence-corrected chi connectivity index (χ3v) is 5.50. The van der Waals surface area contributed by atoms with Crippen LogP contribution in [0.25, 0.3) is 16.2 Å². The van der Waals surface area contributed by atoms with Gasteiger partial charge in [0.1, 0.15) is 22.9 Å². The van der Waals surface area contributed by atoms with E-state index in [1.165, 1.54) is 18.3 Å². The van der Waals surface area contributed by atoms with Crippen molar-refractivity contribution in [3.63, 3.8) is 0 Å². The lowest BCUT2D eigenvalue weighted by molar-refractivity contribution is -0.114. The molecule has 0 saturated carbocycles. The highest BCUT2D eigenvalue weighted by atomic mass is 32.1. The zero-order valence-electron chi connectivity index (χ0n) is 16.7. The number of carbonyl (C=O) groups is 2. The summed E-state index contributed by atoms with van der Waals surface area (Å²) in [6.07, 6.45) is 1.79. The van der Waals surface area contributed by atoms with Gasteiger partial charge in [0.05, 0.1) is 11.3 Å². The molecule has 0 atom stereocenters. The van der Waals surface area contributed by atoms with Gasteiger partial charge in [0.2, 0.25) is 5.91 Å². The van der Waals surface area contributed by atoms with Crippen LogP contribution >= 0.6 is 11.3 Å². The van der Waals surface area contributed by atoms with E-state index in [-0.39, 0.29) is 12.5 Å². The van der Waals surface area contributed by atoms with Gasteiger partial charge in [0.25, 0.3) is 0 Å². The number of carbonyl (C=O) groups excluding carboxylic acids is 2. The molecule has 0 bridgehead atoms. The Morgan fingerprint density at radius 2 is 1.90 bits per heavy atom. The van der Waals surface area contributed by atoms with E-state index in [0.29, 0.717) is 28.3 Å². The van der Waals surface area contributed by atoms with Crippen molar-refractivity contribution in [1.29, 1.82) is 0 Å². The van der Waals surface area contributed by atoms with E-state index in [1.807, 2.05) is 43.3 Å². The minimum absolute atomic E-state index is 0.247. The van der Waals surface area contributed by atoms with Gasteiger partial charge < -0.3 is 14.8 Å². The zero-order chi connectivity index (χ0) is 21.0. The van der Waals surface area contributed by atoms with Crippen LogP contribution in [0.2, 0.25) is 0 Å². The molecule has 0 aliphatic rings. The summed E-state index contributed by atoms with van der Waals surface area (Å²) in [4.78, 5) is 24.2. The summed E-state index contributed by atoms with van der Waals surface area (Å²) in [7, 11) is 0. The van der Waals surface area contributed by atoms with Crippen LogP contribution in [0.5, 0.6) is 5.75 Å². The van der Waals surface area contributed by atoms with Gasteiger partial charge in [-0.2, -0.15) is 0 Å². The first-order valence-corrected chi connectivity index (χ1v) is 10.1. The fraction of sp³-hybridized carbons (Fsp3) is 0.217. The Morgan fingerprint density at radius 3 is 2.52 bits per heavy atom. The minimum atomic E-state index is -0.461. The summed E-state index contributed by atoms with van der Waals surface area (Å²) in [5.74, 6) is -0.0108. The smallest absolute Gasteiger partial charge is 0.341 e. The third-order valence-electron chi connectivity index (χ3n) is 4.38. The molecule has 29 heavy (non-hydrogen) atoms. The Labute approximate surface area is 174 Å². The quantitative estimate of drug-likeness (QED) is 0.518. The summed E-state index contributed by atoms with van der Waals surface area (Å²) in [5, 5.41) is 3.93. The number of ether oxygens (including phenoxy) is 2. The molecule has 150 valence electrons. The monoisotopic (exact) mass is 409 g/mol. The lowest BCUT2D eigenvalue weighted by Crippen LogP contribution is -2.10. The summed E-state index contributed by atoms with van der Waals surface area (Å²) < 4.78 is 12.2. The third kappa shape index (κ3) is 4.49. The molecule has 6 heteroatoms. The molecule has 3 rings (SSSR count). The molecule has 1 amide bonds. The molecule has 1 aromatic heterocycles. The summed E-state index contributed by atoms with van der Waals surface area (Å²) >= 11 is 1.32. The highest BCUT2D eigenvalue weighted by Gasteiger charge is 2.23. The van der Waals surface area contributed by atoms with Crippen LogP contribution in [-0.2, 0) is 16.1 Å². The van der Waals surface area contributed by atoms with E-state index in [2.05, 4.69) is 11.9 Å². The van der Waals surface area contributed by atoms with Gasteiger partial charge in [-0.15, -0.1) is 11.3 Å². The van der Waals surface area contributed by atoms with Gasteiger partial charge in [0.15, 0.2) is 0 Å². The Kier molecular flexibility index (Phi) is 6.34. The largest absolute Gasteiger partial charge is 0.487 e. The summed E-state index contributed by atoms with van der Waals surface area (Å²) in [5.41, 5.74) is 3.38. The topological polar surface area (TPSA) is 64.6 Å². The highest BCUT2D eigenvalue weighted by Crippen LogP contribution is 2.43. The van der Waals surface area contributed by atoms with Gasteiger partial charge >= 0.3 is 5.97 Å². The normalized spacial score (nSPS) is 10.6. The van der Waals surface area contributed by atoms with Gasteiger partial charge in [0, 0.05) is 12.3 Å². The van der Waals surface area contributed by atoms with E-state index >= 15 is 0 Å². The number of aryl methyl sites for hydroxylation is 1. The molecule has 0 aliphatic heterocycles. The molecule has 0 spiro atoms. The number of hydrogen-bond donors (Lipinski definition) is 1. The first-order valence-electron chi connectivity index (χ1n) is 9.29. The number of nitrogens with one attached hydrogen (secondary N) is 1. The summed E-state index contributed by atoms with van der Waals surface area (Å²) in [6.45, 7) is 9.52. The van der Waals surface area contributed by atoms with Gasteiger partial charge in [-0.1, -0.05) is 49.1 Å². The van der Waals surface area contributed by atoms with Crippen LogP contribution in [-0.4, -0.2) is 18.5 Å². The molecular formula is C23H23NO4S. The average molecular weight is 410 g/mol. The molecule has 0 saturated heterocycles. The Balaban J connectivity index is 2.01. The van der Waals surface area contributed by atoms with Crippen LogP contribution in [0, 0.1) is 6.92 Å². The Morgan fingerprint density at radius 1 is 1.17 bits per heavy atom. The molecule has 0 radical (unpaired) electrons. The van der Waals surface area contributed by atoms with Crippen molar-refractivity contribution in [2.24, 2.45) is 0 Å². The van der Waals surface area contributed by atoms with E-state index in [1.54, 1.807) is 13.0 Å². The number of fused-ring (bicyclic) bond motifs is 1. The van der Waals surface area contributed by atoms with E-state index in [0.717, 1.165) is 21.4 Å². The standard InChI is InChI=1S/C23H23NO4S/c1-5-16-8-10-17(11-9-16)13-28-20-14(3)7-12-18-19(23(26)27-6-2)22(24-15(4)25)29-21(18)20/h5,7-12H,1,6,13H2,2-4H3,(H,24,25). The van der Waals surface area contributed by atoms with E-state index in [9.17, 15) is 9.59 Å². The second kappa shape index (κ2) is 8.92. The molecular weight excluding hydrogens is 386 g/mol. The van der Waals surface area contributed by atoms with E-state index < -0.39 is 5.97 Å². The van der Waals surface area contributed by atoms with Crippen LogP contribution < -0.4 is 10.1 Å². The van der Waals surface area contributed by atoms with Crippen LogP contribution in [0.15, 0.2) is 43.0 Å². The van der Waals surface area contributed by atoms with Crippen molar-refractivity contribution >= 4 is 44.4 Å². The molecule has 3 aromatic rings. The van der Waals surface area contributed by atoms with Crippen molar-refractivity contribution in [1.82, 2.24) is 0 Å². The molecule has 0 fully saturated rings. The van der Waals surface area contributed by atoms with Gasteiger partial charge in [-0.25, -0.2) is 4.79 Å². The van der Waals surface area contributed by atoms with Gasteiger partial charge in [-0.05, 0) is 30.5 Å². The molecule has 1 N–H and O–H groups in total. The van der Waals surface area contributed by atoms with Crippen LogP contribution in [0.4, 0.5) is 5.00 Å². The van der Waals surface area contributed by atoms with Crippen molar-refractivity contribution in [3.05, 3.63) is 65.2 Å². The van der Waals surface area contributed by atoms with Crippen molar-refractivity contribution in [2.45, 2.75) is 27.4 Å². The lowest BCUT2D eigenvalue weighted by Gasteiger charge is -2.11. The average Bonchev–Trinajstić information content (AvgIpc) is 3.05. The predicted octanol–water partition coefficient (Wildman–Crippen LogP) is 5.57. The fourth-order valence-electron chi connectivity index (χ4n) is 2.97. The number of benzene rings is 2. The number of amides is 1. The number of hydrogen-bond acceptors (Lipinski definition) is 5. The van der Waals surface area contributed by atoms with E-state index in [4.69, 9.17) is 9.47 Å². The second-order valence-electron chi connectivity index (χ2n) is 6.53. The van der Waals surface area contributed by atoms with Gasteiger partial charge in [-0.3, -0.25) is 4.79 Å². The summed E-state index contributed by atoms with van der Waals surface area (Å²) in [6, 6.07) is 11.7. The molecule has 0 unspecified atom stereocenters. The maximum absolute atomic E-state index is 12.5. The number of rotatable bonds is 7. The number of esters is 1. The molecule has 1 heterocycles. The van der Waals surface area contributed by atoms with Crippen LogP contribution in [0.1, 0.15) is 40.9 Å². The maximum Gasteiger partial charge on any atom is 0.341 e. The Hall–Kier alpha value is -3.12. The lowest BCUT2D eigenvalue weighted by atomic mass is 10.1. The molecule has 2 aromatic carbocycles. The Bertz CT molecular complexity index is 1070. The molecule has 5 nitrogen and oxygen atoms in total. The van der Waals surface area contributed by atoms with Crippen LogP contribution in [0.3, 0.4) is 0 Å². The second-order valence-corrected chi connectivity index (χ2v) is 7.55. The number of anilines is 1. The first kappa shape index (κ1) is 20.6. The SMILES string of the molecule is C=Cc1ccc(COc2c(C)ccc3c(C(=O)OCC)c(NC(C)=O)sc23)cc1. The fourth-order valence-corrected chi connectivity index (χ4v) is 4.26.